The van der Waals surface area contributed by atoms with E-state index in [2.05, 4.69) is 0 Å². The smallest absolute Gasteiger partial charge is 0.121 e. The monoisotopic (exact) mass is 164 g/mol. The summed E-state index contributed by atoms with van der Waals surface area (Å²) in [6, 6.07) is 5.43. The number of rotatable bonds is 0. The Morgan fingerprint density at radius 1 is 1.33 bits per heavy atom. The summed E-state index contributed by atoms with van der Waals surface area (Å²) in [6.07, 6.45) is 2.29. The molecule has 1 aliphatic rings. The molecule has 2 heteroatoms. The fraction of sp³-hybridized carbons (Fsp3) is 0.400. The van der Waals surface area contributed by atoms with Crippen LogP contribution in [0.4, 0.5) is 0 Å². The van der Waals surface area contributed by atoms with Crippen molar-refractivity contribution >= 4 is 0 Å². The van der Waals surface area contributed by atoms with Crippen molar-refractivity contribution in [3.63, 3.8) is 0 Å². The van der Waals surface area contributed by atoms with E-state index in [1.54, 1.807) is 6.07 Å². The number of phenols is 1. The van der Waals surface area contributed by atoms with Crippen molar-refractivity contribution in [1.29, 1.82) is 0 Å². The third-order valence-corrected chi connectivity index (χ3v) is 2.43. The standard InChI is InChI=1S/C10H12O2/c11-8-5-1-3-7-4-2-6-9(12)10(7)8/h1,3,5,9,11-12H,2,4,6H2. The van der Waals surface area contributed by atoms with Crippen LogP contribution in [-0.2, 0) is 6.42 Å². The molecule has 0 aromatic heterocycles. The Kier molecular flexibility index (Phi) is 1.77. The Bertz CT molecular complexity index is 294. The van der Waals surface area contributed by atoms with Gasteiger partial charge < -0.3 is 10.2 Å². The molecule has 64 valence electrons. The number of hydrogen-bond donors (Lipinski definition) is 2. The molecule has 2 nitrogen and oxygen atoms in total. The van der Waals surface area contributed by atoms with Crippen molar-refractivity contribution in [2.75, 3.05) is 0 Å². The number of aliphatic hydroxyl groups is 1. The van der Waals surface area contributed by atoms with Gasteiger partial charge >= 0.3 is 0 Å². The van der Waals surface area contributed by atoms with Gasteiger partial charge in [-0.05, 0) is 30.9 Å². The van der Waals surface area contributed by atoms with E-state index in [0.717, 1.165) is 30.4 Å². The number of aryl methyl sites for hydroxylation is 1. The van der Waals surface area contributed by atoms with Crippen molar-refractivity contribution in [2.24, 2.45) is 0 Å². The number of aromatic hydroxyl groups is 1. The zero-order chi connectivity index (χ0) is 8.55. The van der Waals surface area contributed by atoms with Crippen LogP contribution in [0.1, 0.15) is 30.1 Å². The van der Waals surface area contributed by atoms with Crippen molar-refractivity contribution in [3.05, 3.63) is 29.3 Å². The fourth-order valence-electron chi connectivity index (χ4n) is 1.83. The van der Waals surface area contributed by atoms with Gasteiger partial charge in [0.25, 0.3) is 0 Å². The van der Waals surface area contributed by atoms with E-state index in [4.69, 9.17) is 0 Å². The first-order valence-electron chi connectivity index (χ1n) is 4.28. The second-order valence-electron chi connectivity index (χ2n) is 3.26. The first-order chi connectivity index (χ1) is 5.79. The van der Waals surface area contributed by atoms with Crippen LogP contribution in [0.5, 0.6) is 5.75 Å². The molecule has 0 aliphatic heterocycles. The van der Waals surface area contributed by atoms with Crippen LogP contribution in [0.3, 0.4) is 0 Å². The van der Waals surface area contributed by atoms with E-state index in [9.17, 15) is 10.2 Å². The number of benzene rings is 1. The second kappa shape index (κ2) is 2.79. The van der Waals surface area contributed by atoms with Crippen LogP contribution in [0.15, 0.2) is 18.2 Å². The summed E-state index contributed by atoms with van der Waals surface area (Å²) in [5.41, 5.74) is 1.83. The molecule has 0 fully saturated rings. The minimum atomic E-state index is -0.463. The van der Waals surface area contributed by atoms with E-state index < -0.39 is 6.10 Å². The predicted octanol–water partition coefficient (Wildman–Crippen LogP) is 1.76. The van der Waals surface area contributed by atoms with Crippen molar-refractivity contribution < 1.29 is 10.2 Å². The molecular weight excluding hydrogens is 152 g/mol. The van der Waals surface area contributed by atoms with Crippen LogP contribution >= 0.6 is 0 Å². The van der Waals surface area contributed by atoms with Crippen molar-refractivity contribution in [2.45, 2.75) is 25.4 Å². The van der Waals surface area contributed by atoms with Gasteiger partial charge in [0.1, 0.15) is 5.75 Å². The molecule has 0 bridgehead atoms. The van der Waals surface area contributed by atoms with E-state index in [0.29, 0.717) is 0 Å². The molecule has 1 aromatic rings. The van der Waals surface area contributed by atoms with Crippen LogP contribution in [0, 0.1) is 0 Å². The summed E-state index contributed by atoms with van der Waals surface area (Å²) in [5.74, 6) is 0.236. The maximum Gasteiger partial charge on any atom is 0.121 e. The van der Waals surface area contributed by atoms with Crippen LogP contribution in [-0.4, -0.2) is 10.2 Å². The van der Waals surface area contributed by atoms with Gasteiger partial charge in [0.15, 0.2) is 0 Å². The third kappa shape index (κ3) is 1.08. The maximum absolute atomic E-state index is 9.58. The highest BCUT2D eigenvalue weighted by Crippen LogP contribution is 2.35. The number of aliphatic hydroxyl groups excluding tert-OH is 1. The Morgan fingerprint density at radius 2 is 2.17 bits per heavy atom. The highest BCUT2D eigenvalue weighted by molar-refractivity contribution is 5.42. The van der Waals surface area contributed by atoms with E-state index in [1.807, 2.05) is 12.1 Å². The van der Waals surface area contributed by atoms with Gasteiger partial charge in [-0.25, -0.2) is 0 Å². The third-order valence-electron chi connectivity index (χ3n) is 2.43. The molecule has 0 amide bonds. The van der Waals surface area contributed by atoms with Gasteiger partial charge in [-0.2, -0.15) is 0 Å². The molecular formula is C10H12O2. The zero-order valence-electron chi connectivity index (χ0n) is 6.83. The molecule has 1 aliphatic carbocycles. The molecule has 1 atom stereocenters. The summed E-state index contributed by atoms with van der Waals surface area (Å²) in [4.78, 5) is 0. The van der Waals surface area contributed by atoms with Crippen LogP contribution < -0.4 is 0 Å². The lowest BCUT2D eigenvalue weighted by Crippen LogP contribution is -2.08. The summed E-state index contributed by atoms with van der Waals surface area (Å²) >= 11 is 0. The Labute approximate surface area is 71.5 Å². The summed E-state index contributed by atoms with van der Waals surface area (Å²) in [5, 5.41) is 19.0. The van der Waals surface area contributed by atoms with Crippen LogP contribution in [0.25, 0.3) is 0 Å². The Hall–Kier alpha value is -1.02. The molecule has 2 rings (SSSR count). The van der Waals surface area contributed by atoms with E-state index in [-0.39, 0.29) is 5.75 Å². The Morgan fingerprint density at radius 3 is 2.92 bits per heavy atom. The summed E-state index contributed by atoms with van der Waals surface area (Å²) < 4.78 is 0. The fourth-order valence-corrected chi connectivity index (χ4v) is 1.83. The molecule has 2 N–H and O–H groups in total. The zero-order valence-corrected chi connectivity index (χ0v) is 6.83. The Balaban J connectivity index is 2.53. The first-order valence-corrected chi connectivity index (χ1v) is 4.28. The molecule has 0 heterocycles. The molecule has 0 saturated carbocycles. The largest absolute Gasteiger partial charge is 0.508 e. The van der Waals surface area contributed by atoms with Gasteiger partial charge in [-0.15, -0.1) is 0 Å². The highest BCUT2D eigenvalue weighted by atomic mass is 16.3. The van der Waals surface area contributed by atoms with Crippen molar-refractivity contribution in [3.8, 4) is 5.75 Å². The molecule has 1 unspecified atom stereocenters. The topological polar surface area (TPSA) is 40.5 Å². The summed E-state index contributed by atoms with van der Waals surface area (Å²) in [6.45, 7) is 0. The minimum Gasteiger partial charge on any atom is -0.508 e. The first kappa shape index (κ1) is 7.62. The normalized spacial score (nSPS) is 21.9. The van der Waals surface area contributed by atoms with Gasteiger partial charge in [0, 0.05) is 5.56 Å². The molecule has 12 heavy (non-hydrogen) atoms. The second-order valence-corrected chi connectivity index (χ2v) is 3.26. The lowest BCUT2D eigenvalue weighted by Gasteiger charge is -2.21. The minimum absolute atomic E-state index is 0.236. The van der Waals surface area contributed by atoms with Crippen molar-refractivity contribution in [1.82, 2.24) is 0 Å². The maximum atomic E-state index is 9.58. The number of fused-ring (bicyclic) bond motifs is 1. The SMILES string of the molecule is Oc1cccc2c1C(O)CCC2. The molecule has 1 aromatic carbocycles. The average molecular weight is 164 g/mol. The average Bonchev–Trinajstić information content (AvgIpc) is 2.04. The van der Waals surface area contributed by atoms with Gasteiger partial charge in [0.2, 0.25) is 0 Å². The predicted molar refractivity (Wildman–Crippen MR) is 46.0 cm³/mol. The van der Waals surface area contributed by atoms with Gasteiger partial charge in [0.05, 0.1) is 6.10 Å². The van der Waals surface area contributed by atoms with E-state index in [1.165, 1.54) is 0 Å². The lowest BCUT2D eigenvalue weighted by atomic mass is 9.89. The molecule has 0 saturated heterocycles. The molecule has 0 spiro atoms. The molecule has 0 radical (unpaired) electrons. The van der Waals surface area contributed by atoms with Gasteiger partial charge in [-0.3, -0.25) is 0 Å². The summed E-state index contributed by atoms with van der Waals surface area (Å²) in [7, 11) is 0. The quantitative estimate of drug-likeness (QED) is 0.613. The van der Waals surface area contributed by atoms with Gasteiger partial charge in [-0.1, -0.05) is 12.1 Å². The highest BCUT2D eigenvalue weighted by Gasteiger charge is 2.20. The van der Waals surface area contributed by atoms with E-state index >= 15 is 0 Å². The number of phenolic OH excluding ortho intramolecular Hbond substituents is 1. The lowest BCUT2D eigenvalue weighted by molar-refractivity contribution is 0.153. The van der Waals surface area contributed by atoms with Crippen LogP contribution in [0.2, 0.25) is 0 Å². The number of hydrogen-bond acceptors (Lipinski definition) is 2.